The van der Waals surface area contributed by atoms with Gasteiger partial charge in [-0.05, 0) is 49.8 Å². The number of benzene rings is 1. The molecule has 0 spiro atoms. The van der Waals surface area contributed by atoms with Crippen LogP contribution in [0, 0.1) is 11.6 Å². The van der Waals surface area contributed by atoms with Crippen LogP contribution in [0.1, 0.15) is 52.0 Å². The highest BCUT2D eigenvalue weighted by Crippen LogP contribution is 2.21. The Kier molecular flexibility index (Phi) is 10.3. The lowest BCUT2D eigenvalue weighted by atomic mass is 10.1. The molecule has 0 amide bonds. The first-order chi connectivity index (χ1) is 11.6. The van der Waals surface area contributed by atoms with Crippen molar-refractivity contribution in [2.24, 2.45) is 0 Å². The molecule has 0 unspecified atom stereocenters. The van der Waals surface area contributed by atoms with Gasteiger partial charge < -0.3 is 13.3 Å². The summed E-state index contributed by atoms with van der Waals surface area (Å²) in [5.74, 6) is -1.62. The summed E-state index contributed by atoms with van der Waals surface area (Å²) in [4.78, 5) is 0. The molecule has 3 nitrogen and oxygen atoms in total. The largest absolute Gasteiger partial charge is 0.500 e. The van der Waals surface area contributed by atoms with Crippen molar-refractivity contribution in [2.75, 3.05) is 19.8 Å². The zero-order valence-electron chi connectivity index (χ0n) is 15.1. The van der Waals surface area contributed by atoms with Gasteiger partial charge in [-0.2, -0.15) is 0 Å². The van der Waals surface area contributed by atoms with E-state index in [1.807, 2.05) is 0 Å². The molecule has 0 aliphatic heterocycles. The van der Waals surface area contributed by atoms with Gasteiger partial charge in [0, 0.05) is 25.9 Å². The molecule has 0 radical (unpaired) electrons. The van der Waals surface area contributed by atoms with E-state index in [9.17, 15) is 8.78 Å². The van der Waals surface area contributed by atoms with E-state index in [-0.39, 0.29) is 0 Å². The lowest BCUT2D eigenvalue weighted by molar-refractivity contribution is 0.0588. The van der Waals surface area contributed by atoms with Crippen molar-refractivity contribution >= 4 is 8.80 Å². The van der Waals surface area contributed by atoms with Crippen LogP contribution in [0.25, 0.3) is 0 Å². The summed E-state index contributed by atoms with van der Waals surface area (Å²) in [7, 11) is -2.70. The zero-order chi connectivity index (χ0) is 17.8. The fraction of sp³-hybridized carbons (Fsp3) is 0.667. The van der Waals surface area contributed by atoms with Gasteiger partial charge in [-0.15, -0.1) is 0 Å². The first kappa shape index (κ1) is 21.2. The van der Waals surface area contributed by atoms with E-state index in [0.717, 1.165) is 31.2 Å². The van der Waals surface area contributed by atoms with Crippen molar-refractivity contribution in [1.82, 2.24) is 0 Å². The van der Waals surface area contributed by atoms with E-state index in [4.69, 9.17) is 13.3 Å². The van der Waals surface area contributed by atoms with Crippen molar-refractivity contribution in [2.45, 2.75) is 58.9 Å². The molecule has 6 heteroatoms. The summed E-state index contributed by atoms with van der Waals surface area (Å²) in [5, 5.41) is 0. The van der Waals surface area contributed by atoms with Gasteiger partial charge >= 0.3 is 8.80 Å². The summed E-state index contributed by atoms with van der Waals surface area (Å²) >= 11 is 0. The molecule has 0 atom stereocenters. The van der Waals surface area contributed by atoms with Gasteiger partial charge in [0.1, 0.15) is 0 Å². The molecule has 1 rings (SSSR count). The zero-order valence-corrected chi connectivity index (χ0v) is 16.1. The van der Waals surface area contributed by atoms with Gasteiger partial charge in [-0.1, -0.05) is 26.8 Å². The van der Waals surface area contributed by atoms with Crippen molar-refractivity contribution in [3.63, 3.8) is 0 Å². The Morgan fingerprint density at radius 3 is 1.83 bits per heavy atom. The van der Waals surface area contributed by atoms with E-state index in [2.05, 4.69) is 20.8 Å². The number of rotatable bonds is 13. The number of halogens is 2. The monoisotopic (exact) mass is 360 g/mol. The Morgan fingerprint density at radius 2 is 1.38 bits per heavy atom. The molecule has 1 aromatic rings. The minimum absolute atomic E-state index is 0.616. The second-order valence-electron chi connectivity index (χ2n) is 5.83. The topological polar surface area (TPSA) is 27.7 Å². The van der Waals surface area contributed by atoms with Crippen LogP contribution in [-0.4, -0.2) is 28.6 Å². The first-order valence-corrected chi connectivity index (χ1v) is 10.9. The van der Waals surface area contributed by atoms with E-state index in [0.29, 0.717) is 32.3 Å². The molecule has 0 heterocycles. The highest BCUT2D eigenvalue weighted by molar-refractivity contribution is 6.60. The number of hydrogen-bond donors (Lipinski definition) is 0. The lowest BCUT2D eigenvalue weighted by Crippen LogP contribution is -2.46. The fourth-order valence-corrected chi connectivity index (χ4v) is 5.16. The van der Waals surface area contributed by atoms with E-state index < -0.39 is 20.4 Å². The van der Waals surface area contributed by atoms with Crippen LogP contribution < -0.4 is 0 Å². The summed E-state index contributed by atoms with van der Waals surface area (Å²) in [6, 6.07) is 4.73. The van der Waals surface area contributed by atoms with Gasteiger partial charge in [0.15, 0.2) is 11.6 Å². The second kappa shape index (κ2) is 11.7. The van der Waals surface area contributed by atoms with Crippen molar-refractivity contribution in [1.29, 1.82) is 0 Å². The SMILES string of the molecule is CCCO[Si](CCCc1ccc(F)c(F)c1)(OCCC)OCCC. The Morgan fingerprint density at radius 1 is 0.833 bits per heavy atom. The second-order valence-corrected chi connectivity index (χ2v) is 8.56. The molecule has 0 N–H and O–H groups in total. The summed E-state index contributed by atoms with van der Waals surface area (Å²) in [5.41, 5.74) is 0.776. The van der Waals surface area contributed by atoms with Gasteiger partial charge in [0.2, 0.25) is 0 Å². The Hall–Kier alpha value is -0.823. The lowest BCUT2D eigenvalue weighted by Gasteiger charge is -2.29. The molecule has 0 saturated carbocycles. The molecule has 138 valence electrons. The molecule has 0 aromatic heterocycles. The maximum atomic E-state index is 13.3. The summed E-state index contributed by atoms with van der Waals surface area (Å²) < 4.78 is 44.4. The molecule has 0 aliphatic rings. The third-order valence-electron chi connectivity index (χ3n) is 3.51. The highest BCUT2D eigenvalue weighted by Gasteiger charge is 2.40. The highest BCUT2D eigenvalue weighted by atomic mass is 28.4. The molecule has 0 saturated heterocycles. The minimum Gasteiger partial charge on any atom is -0.373 e. The van der Waals surface area contributed by atoms with Gasteiger partial charge in [-0.25, -0.2) is 8.78 Å². The Balaban J connectivity index is 2.67. The molecule has 24 heavy (non-hydrogen) atoms. The molecule has 0 fully saturated rings. The van der Waals surface area contributed by atoms with E-state index >= 15 is 0 Å². The third kappa shape index (κ3) is 7.38. The summed E-state index contributed by atoms with van der Waals surface area (Å²) in [6.07, 6.45) is 4.12. The predicted molar refractivity (Wildman–Crippen MR) is 94.0 cm³/mol. The van der Waals surface area contributed by atoms with Crippen molar-refractivity contribution in [3.05, 3.63) is 35.4 Å². The minimum atomic E-state index is -2.70. The van der Waals surface area contributed by atoms with Crippen LogP contribution in [-0.2, 0) is 19.7 Å². The Bertz CT molecular complexity index is 450. The molecular formula is C18H30F2O3Si. The van der Waals surface area contributed by atoms with Crippen LogP contribution in [0.2, 0.25) is 6.04 Å². The third-order valence-corrected chi connectivity index (χ3v) is 6.41. The maximum Gasteiger partial charge on any atom is 0.500 e. The van der Waals surface area contributed by atoms with Gasteiger partial charge in [0.05, 0.1) is 0 Å². The molecular weight excluding hydrogens is 330 g/mol. The van der Waals surface area contributed by atoms with Gasteiger partial charge in [-0.3, -0.25) is 0 Å². The number of hydrogen-bond acceptors (Lipinski definition) is 3. The van der Waals surface area contributed by atoms with Crippen LogP contribution in [0.4, 0.5) is 8.78 Å². The van der Waals surface area contributed by atoms with Crippen LogP contribution >= 0.6 is 0 Å². The van der Waals surface area contributed by atoms with Gasteiger partial charge in [0.25, 0.3) is 0 Å². The smallest absolute Gasteiger partial charge is 0.373 e. The fourth-order valence-electron chi connectivity index (χ4n) is 2.32. The maximum absolute atomic E-state index is 13.3. The molecule has 1 aromatic carbocycles. The normalized spacial score (nSPS) is 11.9. The average molecular weight is 361 g/mol. The molecule has 0 aliphatic carbocycles. The van der Waals surface area contributed by atoms with E-state index in [1.54, 1.807) is 6.07 Å². The van der Waals surface area contributed by atoms with Crippen LogP contribution in [0.15, 0.2) is 18.2 Å². The summed E-state index contributed by atoms with van der Waals surface area (Å²) in [6.45, 7) is 8.01. The average Bonchev–Trinajstić information content (AvgIpc) is 2.59. The standard InChI is InChI=1S/C18H30F2O3Si/c1-4-11-21-24(22-12-5-2,23-13-6-3)14-7-8-16-9-10-17(19)18(20)15-16/h9-10,15H,4-8,11-14H2,1-3H3. The molecule has 0 bridgehead atoms. The quantitative estimate of drug-likeness (QED) is 0.457. The van der Waals surface area contributed by atoms with E-state index in [1.165, 1.54) is 12.1 Å². The first-order valence-electron chi connectivity index (χ1n) is 8.92. The number of aryl methyl sites for hydroxylation is 1. The van der Waals surface area contributed by atoms with Crippen LogP contribution in [0.5, 0.6) is 0 Å². The predicted octanol–water partition coefficient (Wildman–Crippen LogP) is 5.12. The Labute approximate surface area is 145 Å². The van der Waals surface area contributed by atoms with Crippen molar-refractivity contribution < 1.29 is 22.1 Å². The van der Waals surface area contributed by atoms with Crippen molar-refractivity contribution in [3.8, 4) is 0 Å². The van der Waals surface area contributed by atoms with Crippen LogP contribution in [0.3, 0.4) is 0 Å².